The molecule has 1 atom stereocenters. The molecule has 0 saturated carbocycles. The molecule has 0 N–H and O–H groups in total. The van der Waals surface area contributed by atoms with Gasteiger partial charge in [-0.05, 0) is 18.2 Å². The lowest BCUT2D eigenvalue weighted by molar-refractivity contribution is -0.181. The number of cyclic esters (lactones) is 1. The summed E-state index contributed by atoms with van der Waals surface area (Å²) in [4.78, 5) is 47.7. The summed E-state index contributed by atoms with van der Waals surface area (Å²) in [5.74, 6) is -1.19. The number of amides is 3. The highest BCUT2D eigenvalue weighted by molar-refractivity contribution is 5.94. The lowest BCUT2D eigenvalue weighted by Gasteiger charge is -2.23. The molecule has 0 spiro atoms. The van der Waals surface area contributed by atoms with Crippen molar-refractivity contribution in [3.63, 3.8) is 0 Å². The number of benzene rings is 1. The summed E-state index contributed by atoms with van der Waals surface area (Å²) in [7, 11) is 0. The van der Waals surface area contributed by atoms with E-state index in [2.05, 4.69) is 10.1 Å². The highest BCUT2D eigenvalue weighted by atomic mass is 19.1. The first-order valence-electron chi connectivity index (χ1n) is 10.3. The molecule has 2 aliphatic rings. The topological polar surface area (TPSA) is 118 Å². The third-order valence-electron chi connectivity index (χ3n) is 5.12. The Labute approximate surface area is 188 Å². The molecular formula is C21H22FN5O6. The van der Waals surface area contributed by atoms with Gasteiger partial charge in [-0.15, -0.1) is 0 Å². The van der Waals surface area contributed by atoms with Crippen LogP contribution >= 0.6 is 0 Å². The van der Waals surface area contributed by atoms with Crippen molar-refractivity contribution in [2.24, 2.45) is 4.99 Å². The Bertz CT molecular complexity index is 1060. The highest BCUT2D eigenvalue weighted by Gasteiger charge is 2.32. The predicted octanol–water partition coefficient (Wildman–Crippen LogP) is 1.58. The number of aromatic nitrogens is 1. The second-order valence-corrected chi connectivity index (χ2v) is 7.45. The molecule has 12 heteroatoms. The molecule has 174 valence electrons. The second-order valence-electron chi connectivity index (χ2n) is 7.45. The molecule has 3 heterocycles. The van der Waals surface area contributed by atoms with Crippen LogP contribution < -0.4 is 9.80 Å². The molecule has 1 aromatic heterocycles. The van der Waals surface area contributed by atoms with Gasteiger partial charge in [-0.25, -0.2) is 19.2 Å². The molecule has 0 radical (unpaired) electrons. The average Bonchev–Trinajstić information content (AvgIpc) is 3.35. The number of aliphatic imine (C=N–C) groups is 1. The van der Waals surface area contributed by atoms with Crippen LogP contribution in [0.2, 0.25) is 0 Å². The standard InChI is InChI=1S/C21H22FN5O6/c1-14(28)23-12-17-13-26(21(30)33-17)16-2-3-19(18(22)11-16)25-5-6-27(32-9-7-25)20(29)10-15-4-8-31-24-15/h2-4,8,11-12,17H,5-7,9-10,13H2,1H3/t17-/m0/s1. The number of nitrogens with zero attached hydrogens (tertiary/aromatic N) is 5. The Kier molecular flexibility index (Phi) is 6.63. The van der Waals surface area contributed by atoms with E-state index in [1.165, 1.54) is 35.4 Å². The van der Waals surface area contributed by atoms with Gasteiger partial charge >= 0.3 is 6.09 Å². The lowest BCUT2D eigenvalue weighted by atomic mass is 10.2. The van der Waals surface area contributed by atoms with Gasteiger partial charge in [0, 0.05) is 26.1 Å². The molecular weight excluding hydrogens is 437 g/mol. The summed E-state index contributed by atoms with van der Waals surface area (Å²) in [5.41, 5.74) is 1.16. The Morgan fingerprint density at radius 1 is 1.27 bits per heavy atom. The lowest BCUT2D eigenvalue weighted by Crippen LogP contribution is -2.35. The van der Waals surface area contributed by atoms with Crippen molar-refractivity contribution in [2.75, 3.05) is 42.6 Å². The van der Waals surface area contributed by atoms with Gasteiger partial charge in [0.1, 0.15) is 12.1 Å². The maximum absolute atomic E-state index is 15.0. The van der Waals surface area contributed by atoms with Gasteiger partial charge in [-0.1, -0.05) is 5.16 Å². The number of carbonyl (C=O) groups excluding carboxylic acids is 3. The zero-order valence-electron chi connectivity index (χ0n) is 17.8. The predicted molar refractivity (Wildman–Crippen MR) is 113 cm³/mol. The number of rotatable bonds is 5. The van der Waals surface area contributed by atoms with Gasteiger partial charge in [-0.3, -0.25) is 19.3 Å². The van der Waals surface area contributed by atoms with Gasteiger partial charge in [0.2, 0.25) is 5.91 Å². The molecule has 11 nitrogen and oxygen atoms in total. The van der Waals surface area contributed by atoms with Crippen LogP contribution in [-0.4, -0.2) is 73.2 Å². The van der Waals surface area contributed by atoms with Crippen LogP contribution in [0.4, 0.5) is 20.6 Å². The molecule has 2 aromatic rings. The Morgan fingerprint density at radius 2 is 2.12 bits per heavy atom. The van der Waals surface area contributed by atoms with Crippen molar-refractivity contribution in [3.8, 4) is 0 Å². The number of hydrogen-bond donors (Lipinski definition) is 0. The molecule has 0 bridgehead atoms. The van der Waals surface area contributed by atoms with Crippen molar-refractivity contribution >= 4 is 35.5 Å². The fourth-order valence-corrected chi connectivity index (χ4v) is 3.54. The minimum atomic E-state index is -0.687. The van der Waals surface area contributed by atoms with Crippen LogP contribution in [0.1, 0.15) is 12.6 Å². The van der Waals surface area contributed by atoms with E-state index in [9.17, 15) is 18.8 Å². The van der Waals surface area contributed by atoms with Crippen LogP contribution in [0.5, 0.6) is 0 Å². The summed E-state index contributed by atoms with van der Waals surface area (Å²) >= 11 is 0. The van der Waals surface area contributed by atoms with Crippen molar-refractivity contribution in [3.05, 3.63) is 42.0 Å². The first-order valence-corrected chi connectivity index (χ1v) is 10.3. The number of carbonyl (C=O) groups is 3. The van der Waals surface area contributed by atoms with Gasteiger partial charge < -0.3 is 14.2 Å². The van der Waals surface area contributed by atoms with Crippen LogP contribution in [0, 0.1) is 5.82 Å². The third-order valence-corrected chi connectivity index (χ3v) is 5.12. The number of hydrogen-bond acceptors (Lipinski definition) is 8. The number of hydroxylamine groups is 2. The zero-order chi connectivity index (χ0) is 23.4. The molecule has 33 heavy (non-hydrogen) atoms. The van der Waals surface area contributed by atoms with Crippen molar-refractivity contribution in [1.82, 2.24) is 10.2 Å². The van der Waals surface area contributed by atoms with E-state index in [4.69, 9.17) is 14.1 Å². The first kappa shape index (κ1) is 22.4. The number of halogens is 1. The van der Waals surface area contributed by atoms with Crippen LogP contribution in [-0.2, 0) is 25.6 Å². The summed E-state index contributed by atoms with van der Waals surface area (Å²) in [6.45, 7) is 2.58. The van der Waals surface area contributed by atoms with Gasteiger partial charge in [0.15, 0.2) is 6.10 Å². The normalized spacial score (nSPS) is 19.2. The van der Waals surface area contributed by atoms with E-state index < -0.39 is 23.9 Å². The van der Waals surface area contributed by atoms with E-state index in [0.29, 0.717) is 30.2 Å². The van der Waals surface area contributed by atoms with E-state index in [1.54, 1.807) is 23.1 Å². The molecule has 4 rings (SSSR count). The summed E-state index contributed by atoms with van der Waals surface area (Å²) in [6.07, 6.45) is 1.36. The smallest absolute Gasteiger partial charge is 0.415 e. The fraction of sp³-hybridized carbons (Fsp3) is 0.381. The SMILES string of the molecule is CC(=O)N=C[C@H]1CN(c2ccc(N3CCON(C(=O)Cc4ccon4)CC3)c(F)c2)C(=O)O1. The summed E-state index contributed by atoms with van der Waals surface area (Å²) in [6, 6.07) is 6.04. The van der Waals surface area contributed by atoms with E-state index >= 15 is 0 Å². The Balaban J connectivity index is 1.39. The largest absolute Gasteiger partial charge is 0.438 e. The van der Waals surface area contributed by atoms with Crippen molar-refractivity contribution < 1.29 is 32.9 Å². The maximum Gasteiger partial charge on any atom is 0.415 e. The number of anilines is 2. The fourth-order valence-electron chi connectivity index (χ4n) is 3.54. The van der Waals surface area contributed by atoms with Gasteiger partial charge in [-0.2, -0.15) is 0 Å². The minimum absolute atomic E-state index is 0.0452. The zero-order valence-corrected chi connectivity index (χ0v) is 17.8. The van der Waals surface area contributed by atoms with Crippen molar-refractivity contribution in [2.45, 2.75) is 19.4 Å². The Hall–Kier alpha value is -3.80. The minimum Gasteiger partial charge on any atom is -0.438 e. The van der Waals surface area contributed by atoms with E-state index in [0.717, 1.165) is 0 Å². The van der Waals surface area contributed by atoms with Gasteiger partial charge in [0.25, 0.3) is 5.91 Å². The molecule has 2 fully saturated rings. The summed E-state index contributed by atoms with van der Waals surface area (Å²) in [5, 5.41) is 4.97. The Morgan fingerprint density at radius 3 is 2.85 bits per heavy atom. The molecule has 1 aromatic carbocycles. The number of ether oxygens (including phenoxy) is 1. The second kappa shape index (κ2) is 9.77. The average molecular weight is 459 g/mol. The molecule has 2 aliphatic heterocycles. The molecule has 0 unspecified atom stereocenters. The van der Waals surface area contributed by atoms with E-state index in [-0.39, 0.29) is 32.0 Å². The maximum atomic E-state index is 15.0. The van der Waals surface area contributed by atoms with Gasteiger partial charge in [0.05, 0.1) is 49.4 Å². The monoisotopic (exact) mass is 459 g/mol. The molecule has 3 amide bonds. The molecule has 0 aliphatic carbocycles. The van der Waals surface area contributed by atoms with Crippen molar-refractivity contribution in [1.29, 1.82) is 0 Å². The van der Waals surface area contributed by atoms with Crippen LogP contribution in [0.3, 0.4) is 0 Å². The van der Waals surface area contributed by atoms with E-state index in [1.807, 2.05) is 0 Å². The third kappa shape index (κ3) is 5.34. The molecule has 2 saturated heterocycles. The van der Waals surface area contributed by atoms with Crippen LogP contribution in [0.15, 0.2) is 40.0 Å². The van der Waals surface area contributed by atoms with Crippen LogP contribution in [0.25, 0.3) is 0 Å². The highest BCUT2D eigenvalue weighted by Crippen LogP contribution is 2.28. The summed E-state index contributed by atoms with van der Waals surface area (Å²) < 4.78 is 24.8. The first-order chi connectivity index (χ1) is 15.9. The quantitative estimate of drug-likeness (QED) is 0.619.